The fourth-order valence-corrected chi connectivity index (χ4v) is 2.09. The Kier molecular flexibility index (Phi) is 6.62. The first kappa shape index (κ1) is 18.5. The number of alkyl halides is 3. The van der Waals surface area contributed by atoms with Crippen LogP contribution in [0.15, 0.2) is 0 Å². The summed E-state index contributed by atoms with van der Waals surface area (Å²) in [4.78, 5) is 11.8. The highest BCUT2D eigenvalue weighted by atomic mass is 35.5. The number of nitrogens with two attached hydrogens (primary N) is 1. The van der Waals surface area contributed by atoms with Crippen LogP contribution in [0.4, 0.5) is 13.2 Å². The molecule has 0 saturated heterocycles. The van der Waals surface area contributed by atoms with Crippen molar-refractivity contribution in [3.8, 4) is 0 Å². The van der Waals surface area contributed by atoms with Gasteiger partial charge in [0, 0.05) is 12.6 Å². The van der Waals surface area contributed by atoms with Crippen molar-refractivity contribution >= 4 is 18.3 Å². The lowest BCUT2D eigenvalue weighted by Crippen LogP contribution is -2.48. The smallest absolute Gasteiger partial charge is 0.353 e. The van der Waals surface area contributed by atoms with Crippen molar-refractivity contribution in [1.29, 1.82) is 0 Å². The van der Waals surface area contributed by atoms with Crippen molar-refractivity contribution in [3.05, 3.63) is 0 Å². The van der Waals surface area contributed by atoms with Gasteiger partial charge in [-0.15, -0.1) is 12.4 Å². The number of rotatable bonds is 3. The number of halogens is 4. The van der Waals surface area contributed by atoms with Crippen LogP contribution in [-0.4, -0.2) is 24.7 Å². The van der Waals surface area contributed by atoms with E-state index in [0.29, 0.717) is 12.8 Å². The molecule has 0 heterocycles. The molecule has 3 nitrogen and oxygen atoms in total. The Morgan fingerprint density at radius 1 is 1.32 bits per heavy atom. The Morgan fingerprint density at radius 3 is 2.37 bits per heavy atom. The van der Waals surface area contributed by atoms with Gasteiger partial charge in [0.05, 0.1) is 11.3 Å². The summed E-state index contributed by atoms with van der Waals surface area (Å²) in [6.45, 7) is 3.55. The highest BCUT2D eigenvalue weighted by molar-refractivity contribution is 5.85. The average molecular weight is 303 g/mol. The first-order valence-corrected chi connectivity index (χ1v) is 6.24. The molecule has 114 valence electrons. The first-order valence-electron chi connectivity index (χ1n) is 6.24. The van der Waals surface area contributed by atoms with E-state index in [1.807, 2.05) is 0 Å². The minimum absolute atomic E-state index is 0. The van der Waals surface area contributed by atoms with Crippen LogP contribution >= 0.6 is 12.4 Å². The van der Waals surface area contributed by atoms with Crippen LogP contribution in [0, 0.1) is 11.3 Å². The molecule has 2 atom stereocenters. The van der Waals surface area contributed by atoms with Gasteiger partial charge >= 0.3 is 6.18 Å². The van der Waals surface area contributed by atoms with E-state index in [0.717, 1.165) is 0 Å². The molecule has 1 saturated carbocycles. The maximum absolute atomic E-state index is 12.6. The van der Waals surface area contributed by atoms with Gasteiger partial charge in [0.15, 0.2) is 0 Å². The normalized spacial score (nSPS) is 24.5. The van der Waals surface area contributed by atoms with Crippen molar-refractivity contribution < 1.29 is 18.0 Å². The molecule has 2 unspecified atom stereocenters. The van der Waals surface area contributed by atoms with Gasteiger partial charge in [-0.2, -0.15) is 13.2 Å². The highest BCUT2D eigenvalue weighted by Gasteiger charge is 2.42. The summed E-state index contributed by atoms with van der Waals surface area (Å²) in [6, 6.07) is -0.385. The van der Waals surface area contributed by atoms with Crippen molar-refractivity contribution in [3.63, 3.8) is 0 Å². The van der Waals surface area contributed by atoms with E-state index >= 15 is 0 Å². The molecule has 0 aliphatic heterocycles. The Morgan fingerprint density at radius 2 is 1.89 bits per heavy atom. The lowest BCUT2D eigenvalue weighted by atomic mass is 9.84. The molecule has 1 rings (SSSR count). The van der Waals surface area contributed by atoms with Crippen LogP contribution in [-0.2, 0) is 4.79 Å². The van der Waals surface area contributed by atoms with Crippen LogP contribution in [0.25, 0.3) is 0 Å². The van der Waals surface area contributed by atoms with Gasteiger partial charge in [-0.3, -0.25) is 4.79 Å². The Balaban J connectivity index is 0.00000324. The van der Waals surface area contributed by atoms with Crippen molar-refractivity contribution in [2.75, 3.05) is 6.54 Å². The summed E-state index contributed by atoms with van der Waals surface area (Å²) in [7, 11) is 0. The third-order valence-corrected chi connectivity index (χ3v) is 3.60. The maximum atomic E-state index is 12.6. The Bertz CT molecular complexity index is 308. The zero-order valence-corrected chi connectivity index (χ0v) is 12.0. The van der Waals surface area contributed by atoms with Crippen LogP contribution < -0.4 is 11.1 Å². The van der Waals surface area contributed by atoms with Crippen molar-refractivity contribution in [1.82, 2.24) is 5.32 Å². The molecule has 0 aromatic heterocycles. The van der Waals surface area contributed by atoms with Gasteiger partial charge in [-0.05, 0) is 33.1 Å². The van der Waals surface area contributed by atoms with E-state index < -0.39 is 17.5 Å². The predicted molar refractivity (Wildman–Crippen MR) is 70.0 cm³/mol. The molecule has 1 amide bonds. The summed E-state index contributed by atoms with van der Waals surface area (Å²) in [5.74, 6) is -1.56. The topological polar surface area (TPSA) is 55.1 Å². The monoisotopic (exact) mass is 302 g/mol. The summed E-state index contributed by atoms with van der Waals surface area (Å²) in [5, 5.41) is 2.69. The zero-order valence-electron chi connectivity index (χ0n) is 11.2. The van der Waals surface area contributed by atoms with Gasteiger partial charge in [-0.25, -0.2) is 0 Å². The number of carbonyl (C=O) groups is 1. The predicted octanol–water partition coefficient (Wildman–Crippen LogP) is 2.63. The molecule has 1 aliphatic carbocycles. The molecule has 1 fully saturated rings. The fourth-order valence-electron chi connectivity index (χ4n) is 2.09. The SMILES string of the molecule is CC(C)(CN)C(=O)NC1CCCC(C(F)(F)F)C1.Cl. The summed E-state index contributed by atoms with van der Waals surface area (Å²) in [5.41, 5.74) is 4.74. The van der Waals surface area contributed by atoms with Gasteiger partial charge in [-0.1, -0.05) is 6.42 Å². The van der Waals surface area contributed by atoms with Crippen LogP contribution in [0.2, 0.25) is 0 Å². The van der Waals surface area contributed by atoms with Crippen LogP contribution in [0.5, 0.6) is 0 Å². The fraction of sp³-hybridized carbons (Fsp3) is 0.917. The minimum Gasteiger partial charge on any atom is -0.353 e. The molecule has 0 aromatic carbocycles. The van der Waals surface area contributed by atoms with E-state index in [1.165, 1.54) is 0 Å². The van der Waals surface area contributed by atoms with E-state index in [9.17, 15) is 18.0 Å². The second-order valence-corrected chi connectivity index (χ2v) is 5.66. The lowest BCUT2D eigenvalue weighted by molar-refractivity contribution is -0.184. The number of carbonyl (C=O) groups excluding carboxylic acids is 1. The van der Waals surface area contributed by atoms with Gasteiger partial charge in [0.1, 0.15) is 0 Å². The van der Waals surface area contributed by atoms with E-state index in [-0.39, 0.29) is 43.7 Å². The molecular weight excluding hydrogens is 281 g/mol. The largest absolute Gasteiger partial charge is 0.391 e. The second-order valence-electron chi connectivity index (χ2n) is 5.66. The zero-order chi connectivity index (χ0) is 14.0. The van der Waals surface area contributed by atoms with E-state index in [2.05, 4.69) is 5.32 Å². The number of amides is 1. The third-order valence-electron chi connectivity index (χ3n) is 3.60. The molecule has 0 spiro atoms. The van der Waals surface area contributed by atoms with Gasteiger partial charge < -0.3 is 11.1 Å². The minimum atomic E-state index is -4.16. The molecule has 19 heavy (non-hydrogen) atoms. The van der Waals surface area contributed by atoms with Crippen LogP contribution in [0.1, 0.15) is 39.5 Å². The Labute approximate surface area is 117 Å². The van der Waals surface area contributed by atoms with Crippen molar-refractivity contribution in [2.24, 2.45) is 17.1 Å². The average Bonchev–Trinajstić information content (AvgIpc) is 2.28. The molecular formula is C12H22ClF3N2O. The lowest BCUT2D eigenvalue weighted by Gasteiger charge is -2.33. The van der Waals surface area contributed by atoms with Gasteiger partial charge in [0.25, 0.3) is 0 Å². The molecule has 0 aromatic rings. The summed E-state index contributed by atoms with van der Waals surface area (Å²) in [6.07, 6.45) is -2.91. The molecule has 1 aliphatic rings. The molecule has 3 N–H and O–H groups in total. The number of hydrogen-bond donors (Lipinski definition) is 2. The second kappa shape index (κ2) is 6.79. The quantitative estimate of drug-likeness (QED) is 0.842. The molecule has 7 heteroatoms. The maximum Gasteiger partial charge on any atom is 0.391 e. The third kappa shape index (κ3) is 5.18. The van der Waals surface area contributed by atoms with E-state index in [1.54, 1.807) is 13.8 Å². The standard InChI is InChI=1S/C12H21F3N2O.ClH/c1-11(2,7-16)10(18)17-9-5-3-4-8(6-9)12(13,14)15;/h8-9H,3-7,16H2,1-2H3,(H,17,18);1H. The molecule has 0 radical (unpaired) electrons. The van der Waals surface area contributed by atoms with Crippen molar-refractivity contribution in [2.45, 2.75) is 51.7 Å². The van der Waals surface area contributed by atoms with Gasteiger partial charge in [0.2, 0.25) is 5.91 Å². The summed E-state index contributed by atoms with van der Waals surface area (Å²) < 4.78 is 37.9. The van der Waals surface area contributed by atoms with Crippen LogP contribution in [0.3, 0.4) is 0 Å². The molecule has 0 bridgehead atoms. The first-order chi connectivity index (χ1) is 8.16. The highest BCUT2D eigenvalue weighted by Crippen LogP contribution is 2.37. The summed E-state index contributed by atoms with van der Waals surface area (Å²) >= 11 is 0. The number of nitrogens with one attached hydrogen (secondary N) is 1. The van der Waals surface area contributed by atoms with E-state index in [4.69, 9.17) is 5.73 Å². The Hall–Kier alpha value is -0.490. The number of hydrogen-bond acceptors (Lipinski definition) is 2.